The molecule has 2 heterocycles. The van der Waals surface area contributed by atoms with Gasteiger partial charge in [-0.25, -0.2) is 0 Å². The second-order valence-corrected chi connectivity index (χ2v) is 7.10. The van der Waals surface area contributed by atoms with E-state index in [4.69, 9.17) is 23.2 Å². The first kappa shape index (κ1) is 14.6. The van der Waals surface area contributed by atoms with Gasteiger partial charge in [-0.2, -0.15) is 0 Å². The molecule has 0 saturated carbocycles. The molecule has 0 bridgehead atoms. The minimum atomic E-state index is -0.0674. The van der Waals surface area contributed by atoms with Crippen LogP contribution in [0.25, 0.3) is 0 Å². The summed E-state index contributed by atoms with van der Waals surface area (Å²) in [6.07, 6.45) is 1.35. The molecular weight excluding hydrogens is 325 g/mol. The topological polar surface area (TPSA) is 20.3 Å². The number of carbonyl (C=O) groups is 1. The van der Waals surface area contributed by atoms with Crippen molar-refractivity contribution >= 4 is 40.4 Å². The minimum Gasteiger partial charge on any atom is -0.333 e. The molecule has 1 aromatic carbocycles. The quantitative estimate of drug-likeness (QED) is 0.726. The van der Waals surface area contributed by atoms with Crippen LogP contribution < -0.4 is 0 Å². The van der Waals surface area contributed by atoms with E-state index in [0.29, 0.717) is 18.1 Å². The molecule has 1 aliphatic heterocycles. The predicted molar refractivity (Wildman–Crippen MR) is 88.2 cm³/mol. The van der Waals surface area contributed by atoms with Crippen LogP contribution in [0, 0.1) is 0 Å². The number of halogens is 2. The lowest BCUT2D eigenvalue weighted by molar-refractivity contribution is -0.127. The van der Waals surface area contributed by atoms with Gasteiger partial charge in [0.25, 0.3) is 0 Å². The third-order valence-corrected chi connectivity index (χ3v) is 5.30. The molecule has 0 aliphatic carbocycles. The molecule has 3 rings (SSSR count). The number of hydrogen-bond acceptors (Lipinski definition) is 2. The van der Waals surface area contributed by atoms with Gasteiger partial charge in [0.05, 0.1) is 10.9 Å². The maximum absolute atomic E-state index is 12.0. The number of nitrogens with zero attached hydrogens (tertiary/aromatic N) is 1. The van der Waals surface area contributed by atoms with Crippen molar-refractivity contribution in [2.24, 2.45) is 0 Å². The van der Waals surface area contributed by atoms with E-state index in [1.165, 1.54) is 23.0 Å². The summed E-state index contributed by atoms with van der Waals surface area (Å²) in [4.78, 5) is 14.9. The predicted octanol–water partition coefficient (Wildman–Crippen LogP) is 4.72. The summed E-state index contributed by atoms with van der Waals surface area (Å²) in [7, 11) is 0. The van der Waals surface area contributed by atoms with Gasteiger partial charge in [-0.05, 0) is 29.3 Å². The molecule has 0 saturated heterocycles. The van der Waals surface area contributed by atoms with Gasteiger partial charge in [-0.15, -0.1) is 11.3 Å². The standard InChI is InChI=1S/C16H13Cl2NOS/c1-2-16(20)19-8-12(10-5-3-4-6-13(10)17)11-7-15(18)21-14(11)9-19/h2-7,12H,1,8-9H2/t12-/m1/s1. The zero-order chi connectivity index (χ0) is 15.0. The van der Waals surface area contributed by atoms with E-state index in [-0.39, 0.29) is 11.8 Å². The van der Waals surface area contributed by atoms with Gasteiger partial charge in [-0.1, -0.05) is 48.0 Å². The van der Waals surface area contributed by atoms with E-state index in [1.807, 2.05) is 30.3 Å². The van der Waals surface area contributed by atoms with Crippen LogP contribution in [0.4, 0.5) is 0 Å². The summed E-state index contributed by atoms with van der Waals surface area (Å²) in [5.74, 6) is -0.0164. The Balaban J connectivity index is 2.08. The summed E-state index contributed by atoms with van der Waals surface area (Å²) in [5, 5.41) is 0.712. The van der Waals surface area contributed by atoms with Gasteiger partial charge < -0.3 is 4.90 Å². The van der Waals surface area contributed by atoms with E-state index in [1.54, 1.807) is 4.90 Å². The number of benzene rings is 1. The van der Waals surface area contributed by atoms with Gasteiger partial charge >= 0.3 is 0 Å². The molecule has 0 N–H and O–H groups in total. The second-order valence-electron chi connectivity index (χ2n) is 4.93. The summed E-state index contributed by atoms with van der Waals surface area (Å²) in [6.45, 7) is 4.75. The molecule has 1 aliphatic rings. The average Bonchev–Trinajstić information content (AvgIpc) is 2.86. The van der Waals surface area contributed by atoms with E-state index < -0.39 is 0 Å². The van der Waals surface area contributed by atoms with Crippen LogP contribution in [0.3, 0.4) is 0 Å². The SMILES string of the molecule is C=CC(=O)N1Cc2sc(Cl)cc2[C@@H](c2ccccc2Cl)C1. The first-order valence-electron chi connectivity index (χ1n) is 6.54. The lowest BCUT2D eigenvalue weighted by atomic mass is 9.88. The van der Waals surface area contributed by atoms with E-state index in [2.05, 4.69) is 6.58 Å². The minimum absolute atomic E-state index is 0.0510. The maximum atomic E-state index is 12.0. The summed E-state index contributed by atoms with van der Waals surface area (Å²) < 4.78 is 0.741. The van der Waals surface area contributed by atoms with Crippen LogP contribution in [0.2, 0.25) is 9.36 Å². The zero-order valence-electron chi connectivity index (χ0n) is 11.2. The largest absolute Gasteiger partial charge is 0.333 e. The van der Waals surface area contributed by atoms with Crippen LogP contribution >= 0.6 is 34.5 Å². The van der Waals surface area contributed by atoms with Crippen molar-refractivity contribution in [2.75, 3.05) is 6.54 Å². The third-order valence-electron chi connectivity index (χ3n) is 3.69. The van der Waals surface area contributed by atoms with Crippen molar-refractivity contribution < 1.29 is 4.79 Å². The molecule has 0 spiro atoms. The first-order valence-corrected chi connectivity index (χ1v) is 8.11. The van der Waals surface area contributed by atoms with Crippen LogP contribution in [-0.2, 0) is 11.3 Å². The summed E-state index contributed by atoms with van der Waals surface area (Å²) in [6, 6.07) is 9.74. The fourth-order valence-electron chi connectivity index (χ4n) is 2.70. The number of carbonyl (C=O) groups excluding carboxylic acids is 1. The van der Waals surface area contributed by atoms with Gasteiger partial charge in [0.15, 0.2) is 0 Å². The van der Waals surface area contributed by atoms with Crippen molar-refractivity contribution in [1.82, 2.24) is 4.90 Å². The summed E-state index contributed by atoms with van der Waals surface area (Å²) >= 11 is 14.0. The molecule has 2 nitrogen and oxygen atoms in total. The molecule has 108 valence electrons. The van der Waals surface area contributed by atoms with Gasteiger partial charge in [0, 0.05) is 22.4 Å². The Morgan fingerprint density at radius 2 is 2.10 bits per heavy atom. The van der Waals surface area contributed by atoms with Gasteiger partial charge in [-0.3, -0.25) is 4.79 Å². The molecule has 1 aromatic heterocycles. The normalized spacial score (nSPS) is 17.4. The highest BCUT2D eigenvalue weighted by Crippen LogP contribution is 2.41. The third kappa shape index (κ3) is 2.73. The van der Waals surface area contributed by atoms with Crippen molar-refractivity contribution in [3.05, 3.63) is 68.3 Å². The smallest absolute Gasteiger partial charge is 0.246 e. The monoisotopic (exact) mass is 337 g/mol. The first-order chi connectivity index (χ1) is 10.1. The fourth-order valence-corrected chi connectivity index (χ4v) is 4.33. The highest BCUT2D eigenvalue weighted by atomic mass is 35.5. The second kappa shape index (κ2) is 5.84. The molecule has 0 unspecified atom stereocenters. The van der Waals surface area contributed by atoms with Crippen LogP contribution in [-0.4, -0.2) is 17.4 Å². The summed E-state index contributed by atoms with van der Waals surface area (Å²) in [5.41, 5.74) is 2.20. The van der Waals surface area contributed by atoms with Crippen LogP contribution in [0.1, 0.15) is 21.9 Å². The van der Waals surface area contributed by atoms with Crippen LogP contribution in [0.15, 0.2) is 43.0 Å². The Labute approximate surface area is 137 Å². The van der Waals surface area contributed by atoms with E-state index >= 15 is 0 Å². The molecule has 5 heteroatoms. The average molecular weight is 338 g/mol. The van der Waals surface area contributed by atoms with Gasteiger partial charge in [0.1, 0.15) is 0 Å². The maximum Gasteiger partial charge on any atom is 0.246 e. The van der Waals surface area contributed by atoms with Crippen molar-refractivity contribution in [1.29, 1.82) is 0 Å². The number of fused-ring (bicyclic) bond motifs is 1. The number of rotatable bonds is 2. The molecule has 21 heavy (non-hydrogen) atoms. The molecular formula is C16H13Cl2NOS. The lowest BCUT2D eigenvalue weighted by Crippen LogP contribution is -2.37. The van der Waals surface area contributed by atoms with Crippen molar-refractivity contribution in [3.8, 4) is 0 Å². The Bertz CT molecular complexity index is 710. The Kier molecular flexibility index (Phi) is 4.07. The Hall–Kier alpha value is -1.29. The molecule has 1 atom stereocenters. The molecule has 0 fully saturated rings. The number of amides is 1. The zero-order valence-corrected chi connectivity index (χ0v) is 13.5. The lowest BCUT2D eigenvalue weighted by Gasteiger charge is -2.32. The van der Waals surface area contributed by atoms with Crippen molar-refractivity contribution in [2.45, 2.75) is 12.5 Å². The van der Waals surface area contributed by atoms with E-state index in [9.17, 15) is 4.79 Å². The Morgan fingerprint density at radius 1 is 1.33 bits per heavy atom. The molecule has 0 radical (unpaired) electrons. The van der Waals surface area contributed by atoms with E-state index in [0.717, 1.165) is 14.8 Å². The van der Waals surface area contributed by atoms with Crippen molar-refractivity contribution in [3.63, 3.8) is 0 Å². The highest BCUT2D eigenvalue weighted by molar-refractivity contribution is 7.16. The van der Waals surface area contributed by atoms with Crippen LogP contribution in [0.5, 0.6) is 0 Å². The highest BCUT2D eigenvalue weighted by Gasteiger charge is 2.31. The number of hydrogen-bond donors (Lipinski definition) is 0. The molecule has 1 amide bonds. The Morgan fingerprint density at radius 3 is 2.81 bits per heavy atom. The van der Waals surface area contributed by atoms with Gasteiger partial charge in [0.2, 0.25) is 5.91 Å². The number of thiophene rings is 1. The fraction of sp³-hybridized carbons (Fsp3) is 0.188. The molecule has 2 aromatic rings.